The molecule has 1 aliphatic rings. The third-order valence-electron chi connectivity index (χ3n) is 3.28. The van der Waals surface area contributed by atoms with Crippen LogP contribution in [0.4, 0.5) is 0 Å². The summed E-state index contributed by atoms with van der Waals surface area (Å²) in [5.74, 6) is 2.15. The summed E-state index contributed by atoms with van der Waals surface area (Å²) in [7, 11) is 0. The second-order valence-electron chi connectivity index (χ2n) is 4.84. The lowest BCUT2D eigenvalue weighted by molar-refractivity contribution is 0.522. The Morgan fingerprint density at radius 1 is 1.30 bits per heavy atom. The zero-order chi connectivity index (χ0) is 13.5. The Kier molecular flexibility index (Phi) is 7.94. The molecule has 0 radical (unpaired) electrons. The standard InChI is InChI=1S/C14H25N5.HI/c1-3-15-14(16-4-2)17-9-8-12-11-19-10-6-5-7-13(19)18-12;/h11H,3-10H2,1-2H3,(H2,15,16,17);1H. The fourth-order valence-corrected chi connectivity index (χ4v) is 2.38. The average molecular weight is 391 g/mol. The molecule has 2 N–H and O–H groups in total. The number of nitrogens with zero attached hydrogens (tertiary/aromatic N) is 3. The van der Waals surface area contributed by atoms with Crippen LogP contribution in [0.3, 0.4) is 0 Å². The van der Waals surface area contributed by atoms with Crippen molar-refractivity contribution in [2.75, 3.05) is 19.6 Å². The van der Waals surface area contributed by atoms with E-state index in [0.717, 1.165) is 45.0 Å². The van der Waals surface area contributed by atoms with Crippen LogP contribution in [0.1, 0.15) is 38.2 Å². The Balaban J connectivity index is 0.00000200. The second-order valence-corrected chi connectivity index (χ2v) is 4.84. The van der Waals surface area contributed by atoms with Crippen molar-refractivity contribution < 1.29 is 0 Å². The highest BCUT2D eigenvalue weighted by Crippen LogP contribution is 2.14. The minimum atomic E-state index is 0. The van der Waals surface area contributed by atoms with Gasteiger partial charge in [0, 0.05) is 45.2 Å². The van der Waals surface area contributed by atoms with E-state index < -0.39 is 0 Å². The number of aliphatic imine (C=N–C) groups is 1. The first-order valence-corrected chi connectivity index (χ1v) is 7.40. The van der Waals surface area contributed by atoms with Crippen molar-refractivity contribution in [1.82, 2.24) is 20.2 Å². The van der Waals surface area contributed by atoms with Crippen LogP contribution in [0.15, 0.2) is 11.2 Å². The van der Waals surface area contributed by atoms with Gasteiger partial charge in [0.25, 0.3) is 0 Å². The van der Waals surface area contributed by atoms with Gasteiger partial charge in [-0.1, -0.05) is 0 Å². The second kappa shape index (κ2) is 9.20. The van der Waals surface area contributed by atoms with E-state index in [-0.39, 0.29) is 24.0 Å². The number of rotatable bonds is 5. The number of imidazole rings is 1. The average Bonchev–Trinajstić information content (AvgIpc) is 2.82. The van der Waals surface area contributed by atoms with Crippen molar-refractivity contribution in [2.45, 2.75) is 46.1 Å². The molecule has 0 atom stereocenters. The highest BCUT2D eigenvalue weighted by Gasteiger charge is 2.11. The van der Waals surface area contributed by atoms with Gasteiger partial charge in [0.15, 0.2) is 5.96 Å². The van der Waals surface area contributed by atoms with Gasteiger partial charge in [-0.05, 0) is 26.7 Å². The van der Waals surface area contributed by atoms with Crippen LogP contribution >= 0.6 is 24.0 Å². The Hall–Kier alpha value is -0.790. The monoisotopic (exact) mass is 391 g/mol. The van der Waals surface area contributed by atoms with Gasteiger partial charge in [-0.15, -0.1) is 24.0 Å². The molecule has 0 aliphatic carbocycles. The number of halogens is 1. The van der Waals surface area contributed by atoms with Crippen LogP contribution < -0.4 is 10.6 Å². The summed E-state index contributed by atoms with van der Waals surface area (Å²) < 4.78 is 2.30. The van der Waals surface area contributed by atoms with Gasteiger partial charge in [-0.2, -0.15) is 0 Å². The maximum absolute atomic E-state index is 4.69. The molecule has 2 heterocycles. The van der Waals surface area contributed by atoms with E-state index in [9.17, 15) is 0 Å². The molecule has 1 aromatic rings. The SMILES string of the molecule is CCNC(=NCCc1cn2c(n1)CCCC2)NCC.I. The van der Waals surface area contributed by atoms with Gasteiger partial charge in [-0.3, -0.25) is 4.99 Å². The number of guanidine groups is 1. The topological polar surface area (TPSA) is 54.2 Å². The number of fused-ring (bicyclic) bond motifs is 1. The van der Waals surface area contributed by atoms with Crippen LogP contribution in [0, 0.1) is 0 Å². The van der Waals surface area contributed by atoms with E-state index in [2.05, 4.69) is 40.2 Å². The molecule has 0 bridgehead atoms. The Bertz CT molecular complexity index is 396. The Morgan fingerprint density at radius 3 is 2.70 bits per heavy atom. The van der Waals surface area contributed by atoms with E-state index >= 15 is 0 Å². The highest BCUT2D eigenvalue weighted by atomic mass is 127. The minimum absolute atomic E-state index is 0. The summed E-state index contributed by atoms with van der Waals surface area (Å²) in [5.41, 5.74) is 1.17. The Labute approximate surface area is 138 Å². The summed E-state index contributed by atoms with van der Waals surface area (Å²) in [6.45, 7) is 7.86. The molecule has 114 valence electrons. The molecule has 0 saturated carbocycles. The lowest BCUT2D eigenvalue weighted by Gasteiger charge is -2.11. The predicted molar refractivity (Wildman–Crippen MR) is 93.9 cm³/mol. The number of aromatic nitrogens is 2. The minimum Gasteiger partial charge on any atom is -0.357 e. The van der Waals surface area contributed by atoms with Crippen molar-refractivity contribution >= 4 is 29.9 Å². The number of hydrogen-bond acceptors (Lipinski definition) is 2. The molecular weight excluding hydrogens is 365 g/mol. The van der Waals surface area contributed by atoms with E-state index in [1.54, 1.807) is 0 Å². The number of aryl methyl sites for hydroxylation is 2. The lowest BCUT2D eigenvalue weighted by Crippen LogP contribution is -2.37. The summed E-state index contributed by atoms with van der Waals surface area (Å²) in [6.07, 6.45) is 6.80. The first kappa shape index (κ1) is 17.3. The van der Waals surface area contributed by atoms with Crippen molar-refractivity contribution in [3.63, 3.8) is 0 Å². The Morgan fingerprint density at radius 2 is 2.05 bits per heavy atom. The highest BCUT2D eigenvalue weighted by molar-refractivity contribution is 14.0. The zero-order valence-electron chi connectivity index (χ0n) is 12.5. The summed E-state index contributed by atoms with van der Waals surface area (Å²) in [5, 5.41) is 6.46. The zero-order valence-corrected chi connectivity index (χ0v) is 14.8. The van der Waals surface area contributed by atoms with Gasteiger partial charge >= 0.3 is 0 Å². The van der Waals surface area contributed by atoms with Crippen molar-refractivity contribution in [3.8, 4) is 0 Å². The molecule has 20 heavy (non-hydrogen) atoms. The van der Waals surface area contributed by atoms with E-state index in [0.29, 0.717) is 0 Å². The number of hydrogen-bond donors (Lipinski definition) is 2. The first-order chi connectivity index (χ1) is 9.33. The fourth-order valence-electron chi connectivity index (χ4n) is 2.38. The van der Waals surface area contributed by atoms with Crippen molar-refractivity contribution in [1.29, 1.82) is 0 Å². The predicted octanol–water partition coefficient (Wildman–Crippen LogP) is 1.95. The lowest BCUT2D eigenvalue weighted by atomic mass is 10.2. The van der Waals surface area contributed by atoms with Gasteiger partial charge in [0.05, 0.1) is 5.69 Å². The van der Waals surface area contributed by atoms with Gasteiger partial charge in [0.1, 0.15) is 5.82 Å². The molecule has 6 heteroatoms. The van der Waals surface area contributed by atoms with Gasteiger partial charge in [0.2, 0.25) is 0 Å². The normalized spacial score (nSPS) is 13.1. The summed E-state index contributed by atoms with van der Waals surface area (Å²) in [4.78, 5) is 9.24. The largest absolute Gasteiger partial charge is 0.357 e. The fraction of sp³-hybridized carbons (Fsp3) is 0.714. The molecular formula is C14H26IN5. The molecule has 0 amide bonds. The molecule has 0 aromatic carbocycles. The maximum atomic E-state index is 4.69. The smallest absolute Gasteiger partial charge is 0.191 e. The maximum Gasteiger partial charge on any atom is 0.191 e. The third kappa shape index (κ3) is 4.96. The van der Waals surface area contributed by atoms with Crippen LogP contribution in [0.2, 0.25) is 0 Å². The van der Waals surface area contributed by atoms with Gasteiger partial charge < -0.3 is 15.2 Å². The molecule has 2 rings (SSSR count). The quantitative estimate of drug-likeness (QED) is 0.459. The summed E-state index contributed by atoms with van der Waals surface area (Å²) >= 11 is 0. The molecule has 0 saturated heterocycles. The van der Waals surface area contributed by atoms with Crippen LogP contribution in [0.25, 0.3) is 0 Å². The molecule has 5 nitrogen and oxygen atoms in total. The molecule has 0 unspecified atom stereocenters. The van der Waals surface area contributed by atoms with E-state index in [1.807, 2.05) is 0 Å². The molecule has 0 fully saturated rings. The van der Waals surface area contributed by atoms with Crippen molar-refractivity contribution in [2.24, 2.45) is 4.99 Å². The molecule has 0 spiro atoms. The van der Waals surface area contributed by atoms with Crippen molar-refractivity contribution in [3.05, 3.63) is 17.7 Å². The molecule has 1 aromatic heterocycles. The van der Waals surface area contributed by atoms with E-state index in [4.69, 9.17) is 4.98 Å². The first-order valence-electron chi connectivity index (χ1n) is 7.40. The van der Waals surface area contributed by atoms with Crippen LogP contribution in [0.5, 0.6) is 0 Å². The molecule has 1 aliphatic heterocycles. The number of nitrogens with one attached hydrogen (secondary N) is 2. The summed E-state index contributed by atoms with van der Waals surface area (Å²) in [6, 6.07) is 0. The third-order valence-corrected chi connectivity index (χ3v) is 3.28. The van der Waals surface area contributed by atoms with Crippen LogP contribution in [-0.4, -0.2) is 35.1 Å². The van der Waals surface area contributed by atoms with Gasteiger partial charge in [-0.25, -0.2) is 4.98 Å². The van der Waals surface area contributed by atoms with Crippen LogP contribution in [-0.2, 0) is 19.4 Å². The van der Waals surface area contributed by atoms with E-state index in [1.165, 1.54) is 24.4 Å².